The topological polar surface area (TPSA) is 128 Å². The Labute approximate surface area is 195 Å². The first-order valence-corrected chi connectivity index (χ1v) is 10.3. The molecule has 1 N–H and O–H groups in total. The normalized spacial score (nSPS) is 10.9. The number of hydrogen-bond donors (Lipinski definition) is 1. The molecule has 0 heterocycles. The van der Waals surface area contributed by atoms with Crippen LogP contribution in [0.2, 0.25) is 0 Å². The van der Waals surface area contributed by atoms with Gasteiger partial charge < -0.3 is 4.74 Å². The molecule has 0 aliphatic carbocycles. The van der Waals surface area contributed by atoms with Gasteiger partial charge in [-0.25, -0.2) is 10.2 Å². The highest BCUT2D eigenvalue weighted by Crippen LogP contribution is 2.12. The number of nitrogens with zero attached hydrogens (tertiary/aromatic N) is 2. The fraction of sp³-hybridized carbons (Fsp3) is 0.120. The summed E-state index contributed by atoms with van der Waals surface area (Å²) in [6.07, 6.45) is -0.392. The molecular weight excluding hydrogens is 438 g/mol. The van der Waals surface area contributed by atoms with Crippen molar-refractivity contribution in [1.82, 2.24) is 5.43 Å². The molecule has 0 atom stereocenters. The number of carbonyl (C=O) groups is 3. The molecule has 0 radical (unpaired) electrons. The summed E-state index contributed by atoms with van der Waals surface area (Å²) in [5.41, 5.74) is 4.04. The number of rotatable bonds is 9. The van der Waals surface area contributed by atoms with Gasteiger partial charge in [-0.3, -0.25) is 19.7 Å². The molecule has 9 heteroatoms. The van der Waals surface area contributed by atoms with Gasteiger partial charge in [-0.05, 0) is 24.6 Å². The summed E-state index contributed by atoms with van der Waals surface area (Å²) in [4.78, 5) is 47.9. The number of hydrazone groups is 1. The highest BCUT2D eigenvalue weighted by atomic mass is 16.6. The second-order valence-corrected chi connectivity index (χ2v) is 7.33. The van der Waals surface area contributed by atoms with E-state index in [1.165, 1.54) is 24.3 Å². The average molecular weight is 459 g/mol. The number of nitrogens with one attached hydrogen (secondary N) is 1. The predicted octanol–water partition coefficient (Wildman–Crippen LogP) is 4.01. The Balaban J connectivity index is 1.75. The van der Waals surface area contributed by atoms with Crippen LogP contribution in [-0.2, 0) is 16.1 Å². The van der Waals surface area contributed by atoms with E-state index in [2.05, 4.69) is 10.5 Å². The van der Waals surface area contributed by atoms with Crippen molar-refractivity contribution >= 4 is 29.1 Å². The van der Waals surface area contributed by atoms with Crippen LogP contribution < -0.4 is 5.43 Å². The number of nitro groups is 1. The first-order valence-electron chi connectivity index (χ1n) is 10.3. The summed E-state index contributed by atoms with van der Waals surface area (Å²) in [7, 11) is 0. The molecule has 0 spiro atoms. The zero-order valence-electron chi connectivity index (χ0n) is 18.3. The lowest BCUT2D eigenvalue weighted by Gasteiger charge is -2.09. The molecule has 0 saturated heterocycles. The van der Waals surface area contributed by atoms with Gasteiger partial charge in [0.1, 0.15) is 6.61 Å². The van der Waals surface area contributed by atoms with Crippen molar-refractivity contribution in [2.75, 3.05) is 0 Å². The zero-order valence-corrected chi connectivity index (χ0v) is 18.3. The minimum atomic E-state index is -0.853. The first-order chi connectivity index (χ1) is 16.3. The standard InChI is InChI=1S/C25H21N3O6/c1-17-7-9-18(10-8-17)16-34-25(31)22(15-23(29)19-5-3-2-4-6-19)26-27-24(30)20-11-13-21(14-12-20)28(32)33/h2-14H,15-16H2,1H3,(H,27,30). The number of amides is 1. The summed E-state index contributed by atoms with van der Waals surface area (Å²) in [5, 5.41) is 14.6. The molecule has 9 nitrogen and oxygen atoms in total. The summed E-state index contributed by atoms with van der Waals surface area (Å²) < 4.78 is 5.30. The highest BCUT2D eigenvalue weighted by molar-refractivity contribution is 6.40. The minimum Gasteiger partial charge on any atom is -0.456 e. The van der Waals surface area contributed by atoms with Gasteiger partial charge in [0.25, 0.3) is 11.6 Å². The van der Waals surface area contributed by atoms with Crippen molar-refractivity contribution < 1.29 is 24.0 Å². The van der Waals surface area contributed by atoms with Gasteiger partial charge in [0.05, 0.1) is 11.3 Å². The summed E-state index contributed by atoms with van der Waals surface area (Å²) in [5.74, 6) is -1.93. The number of nitro benzene ring substituents is 1. The smallest absolute Gasteiger partial charge is 0.355 e. The van der Waals surface area contributed by atoms with Crippen LogP contribution in [0.5, 0.6) is 0 Å². The summed E-state index contributed by atoms with van der Waals surface area (Å²) in [6.45, 7) is 1.90. The minimum absolute atomic E-state index is 0.0338. The lowest BCUT2D eigenvalue weighted by atomic mass is 10.1. The zero-order chi connectivity index (χ0) is 24.5. The van der Waals surface area contributed by atoms with Crippen LogP contribution in [0.3, 0.4) is 0 Å². The average Bonchev–Trinajstić information content (AvgIpc) is 2.86. The lowest BCUT2D eigenvalue weighted by Crippen LogP contribution is -2.27. The van der Waals surface area contributed by atoms with E-state index in [0.29, 0.717) is 5.56 Å². The first kappa shape index (κ1) is 24.0. The van der Waals surface area contributed by atoms with Crippen LogP contribution in [0.4, 0.5) is 5.69 Å². The Morgan fingerprint density at radius 1 is 0.912 bits per heavy atom. The number of ketones is 1. The maximum atomic E-state index is 12.7. The largest absolute Gasteiger partial charge is 0.456 e. The Morgan fingerprint density at radius 2 is 1.56 bits per heavy atom. The summed E-state index contributed by atoms with van der Waals surface area (Å²) in [6, 6.07) is 20.6. The molecule has 1 amide bonds. The molecule has 0 aromatic heterocycles. The third kappa shape index (κ3) is 6.67. The van der Waals surface area contributed by atoms with E-state index in [1.54, 1.807) is 30.3 Å². The Bertz CT molecular complexity index is 1220. The number of ether oxygens (including phenoxy) is 1. The number of carbonyl (C=O) groups excluding carboxylic acids is 3. The van der Waals surface area contributed by atoms with Gasteiger partial charge in [-0.1, -0.05) is 60.2 Å². The van der Waals surface area contributed by atoms with Gasteiger partial charge in [-0.2, -0.15) is 5.10 Å². The fourth-order valence-electron chi connectivity index (χ4n) is 2.87. The molecular formula is C25H21N3O6. The number of aryl methyl sites for hydroxylation is 1. The second-order valence-electron chi connectivity index (χ2n) is 7.33. The van der Waals surface area contributed by atoms with E-state index in [1.807, 2.05) is 31.2 Å². The third-order valence-electron chi connectivity index (χ3n) is 4.78. The van der Waals surface area contributed by atoms with Crippen LogP contribution in [-0.4, -0.2) is 28.3 Å². The lowest BCUT2D eigenvalue weighted by molar-refractivity contribution is -0.384. The van der Waals surface area contributed by atoms with E-state index >= 15 is 0 Å². The molecule has 0 aliphatic heterocycles. The quantitative estimate of drug-likeness (QED) is 0.169. The molecule has 3 aromatic carbocycles. The van der Waals surface area contributed by atoms with Crippen molar-refractivity contribution in [2.45, 2.75) is 20.0 Å². The molecule has 0 fully saturated rings. The van der Waals surface area contributed by atoms with E-state index in [9.17, 15) is 24.5 Å². The van der Waals surface area contributed by atoms with E-state index < -0.39 is 23.2 Å². The highest BCUT2D eigenvalue weighted by Gasteiger charge is 2.20. The molecule has 34 heavy (non-hydrogen) atoms. The Kier molecular flexibility index (Phi) is 7.96. The molecule has 3 aromatic rings. The van der Waals surface area contributed by atoms with Crippen LogP contribution in [0.25, 0.3) is 0 Å². The summed E-state index contributed by atoms with van der Waals surface area (Å²) >= 11 is 0. The van der Waals surface area contributed by atoms with Gasteiger partial charge in [-0.15, -0.1) is 0 Å². The van der Waals surface area contributed by atoms with Crippen LogP contribution >= 0.6 is 0 Å². The van der Waals surface area contributed by atoms with Crippen molar-refractivity contribution in [2.24, 2.45) is 5.10 Å². The van der Waals surface area contributed by atoms with Crippen molar-refractivity contribution in [3.05, 3.63) is 111 Å². The molecule has 0 saturated carbocycles. The number of esters is 1. The van der Waals surface area contributed by atoms with E-state index in [-0.39, 0.29) is 29.4 Å². The monoisotopic (exact) mass is 459 g/mol. The van der Waals surface area contributed by atoms with E-state index in [4.69, 9.17) is 4.74 Å². The van der Waals surface area contributed by atoms with Gasteiger partial charge in [0.15, 0.2) is 11.5 Å². The van der Waals surface area contributed by atoms with Crippen LogP contribution in [0.1, 0.15) is 38.3 Å². The van der Waals surface area contributed by atoms with Gasteiger partial charge >= 0.3 is 5.97 Å². The maximum absolute atomic E-state index is 12.7. The molecule has 0 unspecified atom stereocenters. The van der Waals surface area contributed by atoms with Crippen molar-refractivity contribution in [1.29, 1.82) is 0 Å². The molecule has 0 aliphatic rings. The molecule has 172 valence electrons. The Morgan fingerprint density at radius 3 is 2.18 bits per heavy atom. The SMILES string of the molecule is Cc1ccc(COC(=O)C(CC(=O)c2ccccc2)=NNC(=O)c2ccc([N+](=O)[O-])cc2)cc1. The maximum Gasteiger partial charge on any atom is 0.355 e. The molecule has 0 bridgehead atoms. The third-order valence-corrected chi connectivity index (χ3v) is 4.78. The number of benzene rings is 3. The fourth-order valence-corrected chi connectivity index (χ4v) is 2.87. The molecule has 3 rings (SSSR count). The van der Waals surface area contributed by atoms with Gasteiger partial charge in [0, 0.05) is 23.3 Å². The van der Waals surface area contributed by atoms with Crippen molar-refractivity contribution in [3.63, 3.8) is 0 Å². The number of Topliss-reactive ketones (excluding diaryl/α,β-unsaturated/α-hetero) is 1. The van der Waals surface area contributed by atoms with Crippen molar-refractivity contribution in [3.8, 4) is 0 Å². The van der Waals surface area contributed by atoms with Crippen LogP contribution in [0.15, 0.2) is 84.0 Å². The number of hydrogen-bond acceptors (Lipinski definition) is 7. The van der Waals surface area contributed by atoms with Gasteiger partial charge in [0.2, 0.25) is 0 Å². The predicted molar refractivity (Wildman–Crippen MR) is 124 cm³/mol. The Hall–Kier alpha value is -4.66. The van der Waals surface area contributed by atoms with Crippen LogP contribution in [0, 0.1) is 17.0 Å². The van der Waals surface area contributed by atoms with E-state index in [0.717, 1.165) is 11.1 Å². The number of non-ortho nitro benzene ring substituents is 1. The second kappa shape index (κ2) is 11.3.